The lowest BCUT2D eigenvalue weighted by Crippen LogP contribution is -2.29. The Morgan fingerprint density at radius 2 is 1.91 bits per heavy atom. The Bertz CT molecular complexity index is 814. The summed E-state index contributed by atoms with van der Waals surface area (Å²) in [5, 5.41) is 14.7. The van der Waals surface area contributed by atoms with Gasteiger partial charge in [0, 0.05) is 25.1 Å². The number of nitro groups is 1. The molecule has 116 valence electrons. The van der Waals surface area contributed by atoms with Crippen LogP contribution in [-0.2, 0) is 0 Å². The van der Waals surface area contributed by atoms with Gasteiger partial charge in [-0.05, 0) is 41.2 Å². The molecule has 0 bridgehead atoms. The molecule has 1 aliphatic carbocycles. The highest BCUT2D eigenvalue weighted by Crippen LogP contribution is 2.44. The molecule has 1 atom stereocenters. The molecule has 1 unspecified atom stereocenters. The van der Waals surface area contributed by atoms with Gasteiger partial charge in [-0.1, -0.05) is 24.3 Å². The van der Waals surface area contributed by atoms with Gasteiger partial charge in [0.15, 0.2) is 0 Å². The molecule has 4 rings (SSSR count). The highest BCUT2D eigenvalue weighted by molar-refractivity contribution is 5.87. The maximum absolute atomic E-state index is 11.1. The van der Waals surface area contributed by atoms with Crippen LogP contribution in [0.2, 0.25) is 0 Å². The predicted molar refractivity (Wildman–Crippen MR) is 89.7 cm³/mol. The molecule has 0 saturated carbocycles. The fourth-order valence-corrected chi connectivity index (χ4v) is 3.45. The molecule has 1 aliphatic heterocycles. The first-order valence-corrected chi connectivity index (χ1v) is 7.91. The molecule has 0 fully saturated rings. The Morgan fingerprint density at radius 3 is 2.70 bits per heavy atom. The van der Waals surface area contributed by atoms with Crippen molar-refractivity contribution in [3.8, 4) is 11.1 Å². The molecule has 2 aliphatic rings. The van der Waals surface area contributed by atoms with E-state index in [4.69, 9.17) is 0 Å². The van der Waals surface area contributed by atoms with Crippen LogP contribution in [0.15, 0.2) is 47.5 Å². The van der Waals surface area contributed by atoms with E-state index >= 15 is 0 Å². The van der Waals surface area contributed by atoms with Gasteiger partial charge in [-0.3, -0.25) is 15.1 Å². The van der Waals surface area contributed by atoms with Crippen molar-refractivity contribution in [2.45, 2.75) is 25.3 Å². The maximum Gasteiger partial charge on any atom is 0.269 e. The number of nitrogens with zero attached hydrogens (tertiary/aromatic N) is 2. The second kappa shape index (κ2) is 5.50. The van der Waals surface area contributed by atoms with E-state index in [1.807, 2.05) is 18.2 Å². The number of nitrogens with one attached hydrogen (secondary N) is 1. The van der Waals surface area contributed by atoms with Gasteiger partial charge in [0.1, 0.15) is 0 Å². The molecule has 0 aromatic heterocycles. The number of rotatable bonds is 2. The molecular formula is C18H17N3O2. The molecule has 2 aromatic carbocycles. The molecule has 5 heteroatoms. The van der Waals surface area contributed by atoms with Gasteiger partial charge in [-0.15, -0.1) is 0 Å². The summed E-state index contributed by atoms with van der Waals surface area (Å²) in [6, 6.07) is 13.2. The third-order valence-electron chi connectivity index (χ3n) is 4.55. The molecule has 5 nitrogen and oxygen atoms in total. The van der Waals surface area contributed by atoms with Crippen molar-refractivity contribution in [2.75, 3.05) is 6.54 Å². The van der Waals surface area contributed by atoms with E-state index in [0.717, 1.165) is 53.9 Å². The standard InChI is InChI=1S/C18H17N3O2/c22-21(23)12-8-9-14-13-5-1-2-6-15(13)18(16(14)11-12)20-17-7-3-4-10-19-17/h1-2,5-6,8-9,11,18H,3-4,7,10H2,(H,19,20). The fourth-order valence-electron chi connectivity index (χ4n) is 3.45. The van der Waals surface area contributed by atoms with Crippen molar-refractivity contribution in [1.82, 2.24) is 5.32 Å². The Balaban J connectivity index is 1.80. The third kappa shape index (κ3) is 2.38. The SMILES string of the molecule is O=[N+]([O-])c1ccc2c(c1)C(NC1=NCCCC1)c1ccccc1-2. The van der Waals surface area contributed by atoms with E-state index in [2.05, 4.69) is 22.4 Å². The molecule has 1 N–H and O–H groups in total. The summed E-state index contributed by atoms with van der Waals surface area (Å²) in [6.07, 6.45) is 3.22. The van der Waals surface area contributed by atoms with Gasteiger partial charge in [0.25, 0.3) is 5.69 Å². The van der Waals surface area contributed by atoms with Crippen molar-refractivity contribution in [2.24, 2.45) is 4.99 Å². The molecule has 23 heavy (non-hydrogen) atoms. The number of non-ortho nitro benzene ring substituents is 1. The highest BCUT2D eigenvalue weighted by atomic mass is 16.6. The number of hydrogen-bond donors (Lipinski definition) is 1. The predicted octanol–water partition coefficient (Wildman–Crippen LogP) is 3.84. The quantitative estimate of drug-likeness (QED) is 0.677. The molecule has 0 amide bonds. The van der Waals surface area contributed by atoms with E-state index in [9.17, 15) is 10.1 Å². The summed E-state index contributed by atoms with van der Waals surface area (Å²) in [6.45, 7) is 0.860. The molecule has 0 spiro atoms. The average molecular weight is 307 g/mol. The second-order valence-electron chi connectivity index (χ2n) is 5.98. The molecule has 1 heterocycles. The summed E-state index contributed by atoms with van der Waals surface area (Å²) in [5.74, 6) is 1.01. The van der Waals surface area contributed by atoms with Crippen LogP contribution in [-0.4, -0.2) is 17.3 Å². The van der Waals surface area contributed by atoms with Crippen LogP contribution in [0.5, 0.6) is 0 Å². The van der Waals surface area contributed by atoms with Crippen molar-refractivity contribution >= 4 is 11.5 Å². The van der Waals surface area contributed by atoms with Crippen LogP contribution in [0, 0.1) is 10.1 Å². The Labute approximate surface area is 134 Å². The number of benzene rings is 2. The molecule has 0 radical (unpaired) electrons. The van der Waals surface area contributed by atoms with Crippen molar-refractivity contribution < 1.29 is 4.92 Å². The van der Waals surface area contributed by atoms with Crippen LogP contribution < -0.4 is 5.32 Å². The minimum absolute atomic E-state index is 0.0575. The summed E-state index contributed by atoms with van der Waals surface area (Å²) in [4.78, 5) is 15.4. The van der Waals surface area contributed by atoms with Gasteiger partial charge in [0.05, 0.1) is 16.8 Å². The smallest absolute Gasteiger partial charge is 0.269 e. The highest BCUT2D eigenvalue weighted by Gasteiger charge is 2.30. The first kappa shape index (κ1) is 13.9. The lowest BCUT2D eigenvalue weighted by molar-refractivity contribution is -0.384. The molecular weight excluding hydrogens is 290 g/mol. The monoisotopic (exact) mass is 307 g/mol. The number of hydrogen-bond acceptors (Lipinski definition) is 4. The normalized spacial score (nSPS) is 18.8. The zero-order valence-corrected chi connectivity index (χ0v) is 12.7. The van der Waals surface area contributed by atoms with Crippen LogP contribution in [0.3, 0.4) is 0 Å². The second-order valence-corrected chi connectivity index (χ2v) is 5.98. The zero-order chi connectivity index (χ0) is 15.8. The minimum atomic E-state index is -0.335. The van der Waals surface area contributed by atoms with Crippen molar-refractivity contribution in [1.29, 1.82) is 0 Å². The lowest BCUT2D eigenvalue weighted by Gasteiger charge is -2.21. The van der Waals surface area contributed by atoms with E-state index in [-0.39, 0.29) is 16.7 Å². The number of aliphatic imine (C=N–C) groups is 1. The summed E-state index contributed by atoms with van der Waals surface area (Å²) in [5.41, 5.74) is 4.48. The van der Waals surface area contributed by atoms with Gasteiger partial charge in [-0.2, -0.15) is 0 Å². The number of nitro benzene ring substituents is 1. The Hall–Kier alpha value is -2.69. The van der Waals surface area contributed by atoms with Crippen LogP contribution >= 0.6 is 0 Å². The van der Waals surface area contributed by atoms with Gasteiger partial charge in [0.2, 0.25) is 0 Å². The van der Waals surface area contributed by atoms with E-state index in [0.29, 0.717) is 0 Å². The fraction of sp³-hybridized carbons (Fsp3) is 0.278. The van der Waals surface area contributed by atoms with E-state index < -0.39 is 0 Å². The first-order chi connectivity index (χ1) is 11.2. The lowest BCUT2D eigenvalue weighted by atomic mass is 10.0. The largest absolute Gasteiger partial charge is 0.363 e. The maximum atomic E-state index is 11.1. The summed E-state index contributed by atoms with van der Waals surface area (Å²) >= 11 is 0. The molecule has 2 aromatic rings. The van der Waals surface area contributed by atoms with Crippen LogP contribution in [0.4, 0.5) is 5.69 Å². The summed E-state index contributed by atoms with van der Waals surface area (Å²) in [7, 11) is 0. The van der Waals surface area contributed by atoms with E-state index in [1.165, 1.54) is 0 Å². The van der Waals surface area contributed by atoms with Crippen LogP contribution in [0.1, 0.15) is 36.4 Å². The Kier molecular flexibility index (Phi) is 3.33. The third-order valence-corrected chi connectivity index (χ3v) is 4.55. The van der Waals surface area contributed by atoms with Gasteiger partial charge < -0.3 is 5.32 Å². The van der Waals surface area contributed by atoms with Gasteiger partial charge in [-0.25, -0.2) is 0 Å². The van der Waals surface area contributed by atoms with Crippen molar-refractivity contribution in [3.63, 3.8) is 0 Å². The van der Waals surface area contributed by atoms with Gasteiger partial charge >= 0.3 is 0 Å². The minimum Gasteiger partial charge on any atom is -0.363 e. The summed E-state index contributed by atoms with van der Waals surface area (Å²) < 4.78 is 0. The van der Waals surface area contributed by atoms with Crippen molar-refractivity contribution in [3.05, 3.63) is 63.7 Å². The van der Waals surface area contributed by atoms with Crippen LogP contribution in [0.25, 0.3) is 11.1 Å². The van der Waals surface area contributed by atoms with E-state index in [1.54, 1.807) is 12.1 Å². The zero-order valence-electron chi connectivity index (χ0n) is 12.7. The first-order valence-electron chi connectivity index (χ1n) is 7.91. The molecule has 0 saturated heterocycles. The number of fused-ring (bicyclic) bond motifs is 3. The average Bonchev–Trinajstić information content (AvgIpc) is 2.90. The number of amidine groups is 1. The Morgan fingerprint density at radius 1 is 1.09 bits per heavy atom. The topological polar surface area (TPSA) is 67.5 Å².